The molecule has 1 aliphatic rings. The van der Waals surface area contributed by atoms with Crippen LogP contribution in [-0.4, -0.2) is 27.0 Å². The first-order valence-electron chi connectivity index (χ1n) is 8.72. The summed E-state index contributed by atoms with van der Waals surface area (Å²) in [4.78, 5) is 0. The average Bonchev–Trinajstić information content (AvgIpc) is 2.68. The van der Waals surface area contributed by atoms with Gasteiger partial charge < -0.3 is 10.5 Å². The Labute approximate surface area is 167 Å². The predicted molar refractivity (Wildman–Crippen MR) is 106 cm³/mol. The zero-order valence-corrected chi connectivity index (χ0v) is 16.4. The molecule has 1 atom stereocenters. The van der Waals surface area contributed by atoms with Gasteiger partial charge in [-0.2, -0.15) is 21.6 Å². The highest BCUT2D eigenvalue weighted by molar-refractivity contribution is 7.91. The Hall–Kier alpha value is -2.62. The lowest BCUT2D eigenvalue weighted by atomic mass is 10.1. The summed E-state index contributed by atoms with van der Waals surface area (Å²) in [6.45, 7) is 1.07. The lowest BCUT2D eigenvalue weighted by Crippen LogP contribution is -2.56. The summed E-state index contributed by atoms with van der Waals surface area (Å²) < 4.78 is 70.2. The normalized spacial score (nSPS) is 19.7. The topological polar surface area (TPSA) is 69.4 Å². The fourth-order valence-electron chi connectivity index (χ4n) is 3.24. The molecule has 2 N–H and O–H groups in total. The molecule has 0 spiro atoms. The van der Waals surface area contributed by atoms with Crippen molar-refractivity contribution in [3.63, 3.8) is 0 Å². The molecule has 1 heterocycles. The summed E-state index contributed by atoms with van der Waals surface area (Å²) in [6, 6.07) is 13.2. The van der Waals surface area contributed by atoms with Crippen molar-refractivity contribution in [3.8, 4) is 11.5 Å². The van der Waals surface area contributed by atoms with E-state index in [1.165, 1.54) is 30.4 Å². The van der Waals surface area contributed by atoms with Crippen molar-refractivity contribution in [2.24, 2.45) is 5.73 Å². The number of para-hydroxylation sites is 1. The largest absolute Gasteiger partial charge is 0.550 e. The standard InChI is InChI=1S/C20H20F3N2O3S/c1-15-12-18(28-17-7-3-2-4-8-17)9-10-19(15)25(29(26,27)20(21,22)23)11-5-6-16(13-24)14-25/h2-10,12,14H,11,13,24H2,1H3/q+1. The zero-order valence-electron chi connectivity index (χ0n) is 15.6. The van der Waals surface area contributed by atoms with Crippen LogP contribution >= 0.6 is 0 Å². The van der Waals surface area contributed by atoms with Crippen LogP contribution in [0.1, 0.15) is 5.56 Å². The van der Waals surface area contributed by atoms with Crippen LogP contribution in [0.2, 0.25) is 0 Å². The smallest absolute Gasteiger partial charge is 0.457 e. The van der Waals surface area contributed by atoms with Gasteiger partial charge in [-0.15, -0.1) is 3.89 Å². The van der Waals surface area contributed by atoms with Gasteiger partial charge in [0.1, 0.15) is 24.2 Å². The predicted octanol–water partition coefficient (Wildman–Crippen LogP) is 4.36. The monoisotopic (exact) mass is 425 g/mol. The molecule has 5 nitrogen and oxygen atoms in total. The molecule has 0 saturated carbocycles. The number of quaternary nitrogens is 1. The number of rotatable bonds is 5. The summed E-state index contributed by atoms with van der Waals surface area (Å²) in [7, 11) is -5.64. The molecule has 3 rings (SSSR count). The first-order valence-corrected chi connectivity index (χ1v) is 10.2. The third-order valence-corrected chi connectivity index (χ3v) is 6.49. The number of alkyl halides is 3. The number of nitrogens with two attached hydrogens (primary N) is 1. The molecule has 0 bridgehead atoms. The highest BCUT2D eigenvalue weighted by atomic mass is 32.2. The second-order valence-corrected chi connectivity index (χ2v) is 8.64. The van der Waals surface area contributed by atoms with E-state index in [9.17, 15) is 21.6 Å². The number of benzene rings is 2. The third-order valence-electron chi connectivity index (χ3n) is 4.59. The lowest BCUT2D eigenvalue weighted by molar-refractivity contribution is -0.0473. The van der Waals surface area contributed by atoms with E-state index in [2.05, 4.69) is 0 Å². The minimum Gasteiger partial charge on any atom is -0.457 e. The molecule has 0 fully saturated rings. The number of hydrogen-bond donors (Lipinski definition) is 1. The molecule has 1 aliphatic heterocycles. The van der Waals surface area contributed by atoms with Crippen LogP contribution in [-0.2, 0) is 10.0 Å². The molecule has 0 radical (unpaired) electrons. The van der Waals surface area contributed by atoms with Gasteiger partial charge in [0.2, 0.25) is 0 Å². The molecule has 2 aromatic carbocycles. The Bertz CT molecular complexity index is 1060. The molecule has 0 saturated heterocycles. The number of sulfonamides is 1. The summed E-state index contributed by atoms with van der Waals surface area (Å²) in [6.07, 6.45) is 3.98. The van der Waals surface area contributed by atoms with Crippen LogP contribution in [0.15, 0.2) is 72.5 Å². The first-order chi connectivity index (χ1) is 13.6. The Balaban J connectivity index is 2.13. The van der Waals surface area contributed by atoms with E-state index in [1.54, 1.807) is 31.2 Å². The third kappa shape index (κ3) is 3.81. The van der Waals surface area contributed by atoms with Crippen molar-refractivity contribution >= 4 is 15.7 Å². The van der Waals surface area contributed by atoms with E-state index >= 15 is 0 Å². The highest BCUT2D eigenvalue weighted by Crippen LogP contribution is 2.42. The maximum absolute atomic E-state index is 13.6. The van der Waals surface area contributed by atoms with Crippen LogP contribution in [0.4, 0.5) is 18.9 Å². The number of ether oxygens (including phenoxy) is 1. The second-order valence-electron chi connectivity index (χ2n) is 6.57. The van der Waals surface area contributed by atoms with E-state index in [0.717, 1.165) is 6.20 Å². The van der Waals surface area contributed by atoms with Gasteiger partial charge in [-0.25, -0.2) is 0 Å². The summed E-state index contributed by atoms with van der Waals surface area (Å²) in [5, 5.41) is 0. The van der Waals surface area contributed by atoms with Crippen molar-refractivity contribution in [3.05, 3.63) is 78.0 Å². The summed E-state index contributed by atoms with van der Waals surface area (Å²) in [5.41, 5.74) is 0.758. The van der Waals surface area contributed by atoms with E-state index in [-0.39, 0.29) is 12.2 Å². The maximum atomic E-state index is 13.6. The van der Waals surface area contributed by atoms with Gasteiger partial charge in [0.15, 0.2) is 5.69 Å². The Morgan fingerprint density at radius 1 is 1.10 bits per heavy atom. The fourth-order valence-corrected chi connectivity index (χ4v) is 4.63. The quantitative estimate of drug-likeness (QED) is 0.723. The minimum absolute atomic E-state index is 0.0157. The summed E-state index contributed by atoms with van der Waals surface area (Å²) in [5.74, 6) is 0.938. The second kappa shape index (κ2) is 7.66. The molecule has 0 aliphatic carbocycles. The molecular weight excluding hydrogens is 405 g/mol. The maximum Gasteiger partial charge on any atom is 0.550 e. The molecular formula is C20H20F3N2O3S+. The SMILES string of the molecule is Cc1cc(Oc2ccccc2)ccc1[N+]1(S(=O)(=O)C(F)(F)F)C=C(CN)C=CC1. The highest BCUT2D eigenvalue weighted by Gasteiger charge is 2.62. The number of nitrogens with zero attached hydrogens (tertiary/aromatic N) is 1. The molecule has 2 aromatic rings. The molecule has 29 heavy (non-hydrogen) atoms. The zero-order chi connectivity index (χ0) is 21.3. The molecule has 154 valence electrons. The molecule has 0 aromatic heterocycles. The average molecular weight is 425 g/mol. The van der Waals surface area contributed by atoms with Crippen LogP contribution in [0.25, 0.3) is 0 Å². The first kappa shape index (κ1) is 21.1. The van der Waals surface area contributed by atoms with Crippen LogP contribution < -0.4 is 14.4 Å². The summed E-state index contributed by atoms with van der Waals surface area (Å²) >= 11 is 0. The van der Waals surface area contributed by atoms with Gasteiger partial charge in [-0.1, -0.05) is 24.3 Å². The Kier molecular flexibility index (Phi) is 5.57. The van der Waals surface area contributed by atoms with Gasteiger partial charge in [0.05, 0.1) is 0 Å². The van der Waals surface area contributed by atoms with Gasteiger partial charge in [0, 0.05) is 23.7 Å². The van der Waals surface area contributed by atoms with Crippen LogP contribution in [0, 0.1) is 6.92 Å². The van der Waals surface area contributed by atoms with Crippen molar-refractivity contribution < 1.29 is 26.3 Å². The van der Waals surface area contributed by atoms with Crippen LogP contribution in [0.5, 0.6) is 11.5 Å². The molecule has 1 unspecified atom stereocenters. The molecule has 0 amide bonds. The fraction of sp³-hybridized carbons (Fsp3) is 0.200. The van der Waals surface area contributed by atoms with E-state index < -0.39 is 26.0 Å². The van der Waals surface area contributed by atoms with E-state index in [4.69, 9.17) is 10.5 Å². The van der Waals surface area contributed by atoms with Gasteiger partial charge in [-0.05, 0) is 37.3 Å². The van der Waals surface area contributed by atoms with Gasteiger partial charge in [-0.3, -0.25) is 0 Å². The number of hydrogen-bond acceptors (Lipinski definition) is 4. The van der Waals surface area contributed by atoms with E-state index in [1.807, 2.05) is 6.07 Å². The van der Waals surface area contributed by atoms with Crippen molar-refractivity contribution in [1.29, 1.82) is 0 Å². The van der Waals surface area contributed by atoms with Crippen LogP contribution in [0.3, 0.4) is 0 Å². The van der Waals surface area contributed by atoms with Crippen molar-refractivity contribution in [2.45, 2.75) is 12.4 Å². The van der Waals surface area contributed by atoms with Gasteiger partial charge >= 0.3 is 15.5 Å². The lowest BCUT2D eigenvalue weighted by Gasteiger charge is -2.35. The van der Waals surface area contributed by atoms with Crippen molar-refractivity contribution in [2.75, 3.05) is 13.1 Å². The Morgan fingerprint density at radius 3 is 2.38 bits per heavy atom. The number of aryl methyl sites for hydroxylation is 1. The van der Waals surface area contributed by atoms with E-state index in [0.29, 0.717) is 22.6 Å². The molecule has 9 heteroatoms. The Morgan fingerprint density at radius 2 is 1.79 bits per heavy atom. The minimum atomic E-state index is -5.64. The van der Waals surface area contributed by atoms with Crippen molar-refractivity contribution in [1.82, 2.24) is 3.89 Å². The van der Waals surface area contributed by atoms with Gasteiger partial charge in [0.25, 0.3) is 0 Å². The number of halogens is 3.